The molecule has 1 aromatic carbocycles. The molecule has 1 aromatic rings. The lowest BCUT2D eigenvalue weighted by Crippen LogP contribution is -2.51. The van der Waals surface area contributed by atoms with Crippen molar-refractivity contribution in [2.24, 2.45) is 5.92 Å². The van der Waals surface area contributed by atoms with E-state index in [4.69, 9.17) is 4.74 Å². The van der Waals surface area contributed by atoms with E-state index < -0.39 is 5.54 Å². The summed E-state index contributed by atoms with van der Waals surface area (Å²) in [7, 11) is 1.86. The summed E-state index contributed by atoms with van der Waals surface area (Å²) in [6.45, 7) is 8.99. The molecule has 0 aromatic heterocycles. The molecule has 1 amide bonds. The van der Waals surface area contributed by atoms with Crippen molar-refractivity contribution in [2.45, 2.75) is 33.2 Å². The summed E-state index contributed by atoms with van der Waals surface area (Å²) in [6.07, 6.45) is 0. The zero-order valence-corrected chi connectivity index (χ0v) is 14.7. The van der Waals surface area contributed by atoms with Gasteiger partial charge in [-0.3, -0.25) is 9.69 Å². The van der Waals surface area contributed by atoms with Crippen molar-refractivity contribution in [3.63, 3.8) is 0 Å². The molecular weight excluding hydrogens is 290 g/mol. The van der Waals surface area contributed by atoms with Gasteiger partial charge in [-0.1, -0.05) is 31.5 Å². The van der Waals surface area contributed by atoms with Gasteiger partial charge in [0, 0.05) is 6.54 Å². The van der Waals surface area contributed by atoms with Crippen LogP contribution in [0.2, 0.25) is 0 Å². The molecule has 5 heteroatoms. The van der Waals surface area contributed by atoms with Crippen LogP contribution in [0, 0.1) is 24.2 Å². The van der Waals surface area contributed by atoms with Crippen LogP contribution in [-0.4, -0.2) is 43.1 Å². The summed E-state index contributed by atoms with van der Waals surface area (Å²) in [4.78, 5) is 13.9. The molecule has 0 spiro atoms. The third-order valence-electron chi connectivity index (χ3n) is 3.96. The molecule has 0 aliphatic rings. The molecule has 126 valence electrons. The highest BCUT2D eigenvalue weighted by atomic mass is 16.5. The van der Waals surface area contributed by atoms with Crippen LogP contribution in [0.4, 0.5) is 0 Å². The first-order valence-corrected chi connectivity index (χ1v) is 7.87. The Labute approximate surface area is 139 Å². The number of benzene rings is 1. The van der Waals surface area contributed by atoms with Gasteiger partial charge in [0.1, 0.15) is 17.9 Å². The Morgan fingerprint density at radius 3 is 2.52 bits per heavy atom. The summed E-state index contributed by atoms with van der Waals surface area (Å²) in [5.74, 6) is 0.720. The largest absolute Gasteiger partial charge is 0.492 e. The van der Waals surface area contributed by atoms with Crippen LogP contribution >= 0.6 is 0 Å². The zero-order chi connectivity index (χ0) is 17.5. The molecule has 0 fully saturated rings. The third kappa shape index (κ3) is 6.29. The average molecular weight is 317 g/mol. The molecule has 0 radical (unpaired) electrons. The summed E-state index contributed by atoms with van der Waals surface area (Å²) >= 11 is 0. The van der Waals surface area contributed by atoms with E-state index in [9.17, 15) is 10.1 Å². The van der Waals surface area contributed by atoms with Crippen LogP contribution in [0.1, 0.15) is 26.3 Å². The van der Waals surface area contributed by atoms with E-state index in [0.717, 1.165) is 5.75 Å². The topological polar surface area (TPSA) is 65.4 Å². The predicted octanol–water partition coefficient (Wildman–Crippen LogP) is 2.36. The highest BCUT2D eigenvalue weighted by Crippen LogP contribution is 2.15. The minimum Gasteiger partial charge on any atom is -0.492 e. The molecule has 0 saturated heterocycles. The number of hydrogen-bond acceptors (Lipinski definition) is 4. The zero-order valence-electron chi connectivity index (χ0n) is 14.7. The highest BCUT2D eigenvalue weighted by molar-refractivity contribution is 5.79. The highest BCUT2D eigenvalue weighted by Gasteiger charge is 2.30. The van der Waals surface area contributed by atoms with E-state index in [1.54, 1.807) is 6.92 Å². The van der Waals surface area contributed by atoms with Gasteiger partial charge in [0.15, 0.2) is 0 Å². The van der Waals surface area contributed by atoms with Crippen LogP contribution in [0.25, 0.3) is 0 Å². The fourth-order valence-electron chi connectivity index (χ4n) is 1.91. The summed E-state index contributed by atoms with van der Waals surface area (Å²) in [5.41, 5.74) is 0.355. The molecular formula is C18H27N3O2. The molecule has 0 aliphatic heterocycles. The molecule has 5 nitrogen and oxygen atoms in total. The molecule has 0 aliphatic carbocycles. The standard InChI is InChI=1S/C18H27N3O2/c1-14(2)18(4,13-19)20-17(22)12-21(5)10-11-23-16-8-6-15(3)7-9-16/h6-9,14H,10-12H2,1-5H3,(H,20,22). The van der Waals surface area contributed by atoms with Gasteiger partial charge < -0.3 is 10.1 Å². The summed E-state index contributed by atoms with van der Waals surface area (Å²) in [6, 6.07) is 10.0. The van der Waals surface area contributed by atoms with Crippen molar-refractivity contribution in [3.05, 3.63) is 29.8 Å². The Morgan fingerprint density at radius 1 is 1.39 bits per heavy atom. The number of nitriles is 1. The number of rotatable bonds is 8. The average Bonchev–Trinajstić information content (AvgIpc) is 2.48. The van der Waals surface area contributed by atoms with Crippen LogP contribution in [-0.2, 0) is 4.79 Å². The van der Waals surface area contributed by atoms with Crippen LogP contribution in [0.5, 0.6) is 5.75 Å². The molecule has 0 bridgehead atoms. The van der Waals surface area contributed by atoms with Crippen molar-refractivity contribution >= 4 is 5.91 Å². The Morgan fingerprint density at radius 2 is 2.00 bits per heavy atom. The quantitative estimate of drug-likeness (QED) is 0.799. The smallest absolute Gasteiger partial charge is 0.235 e. The number of aryl methyl sites for hydroxylation is 1. The Balaban J connectivity index is 2.36. The van der Waals surface area contributed by atoms with Crippen molar-refractivity contribution in [1.29, 1.82) is 5.26 Å². The summed E-state index contributed by atoms with van der Waals surface area (Å²) < 4.78 is 5.65. The number of carbonyl (C=O) groups excluding carboxylic acids is 1. The molecule has 1 N–H and O–H groups in total. The van der Waals surface area contributed by atoms with E-state index in [1.807, 2.05) is 57.0 Å². The maximum absolute atomic E-state index is 12.1. The second-order valence-corrected chi connectivity index (χ2v) is 6.42. The SMILES string of the molecule is Cc1ccc(OCCN(C)CC(=O)NC(C)(C#N)C(C)C)cc1. The van der Waals surface area contributed by atoms with Gasteiger partial charge in [-0.2, -0.15) is 5.26 Å². The van der Waals surface area contributed by atoms with E-state index in [2.05, 4.69) is 11.4 Å². The molecule has 0 saturated carbocycles. The first-order chi connectivity index (χ1) is 10.8. The number of carbonyl (C=O) groups is 1. The van der Waals surface area contributed by atoms with Crippen LogP contribution < -0.4 is 10.1 Å². The second kappa shape index (κ2) is 8.54. The van der Waals surface area contributed by atoms with Crippen molar-refractivity contribution in [1.82, 2.24) is 10.2 Å². The molecule has 0 heterocycles. The Hall–Kier alpha value is -2.06. The Kier molecular flexibility index (Phi) is 7.05. The van der Waals surface area contributed by atoms with E-state index >= 15 is 0 Å². The number of hydrogen-bond donors (Lipinski definition) is 1. The number of ether oxygens (including phenoxy) is 1. The van der Waals surface area contributed by atoms with Crippen LogP contribution in [0.15, 0.2) is 24.3 Å². The monoisotopic (exact) mass is 317 g/mol. The van der Waals surface area contributed by atoms with E-state index in [1.165, 1.54) is 5.56 Å². The maximum atomic E-state index is 12.1. The van der Waals surface area contributed by atoms with Crippen molar-refractivity contribution < 1.29 is 9.53 Å². The van der Waals surface area contributed by atoms with Crippen LogP contribution in [0.3, 0.4) is 0 Å². The van der Waals surface area contributed by atoms with E-state index in [-0.39, 0.29) is 18.4 Å². The number of nitrogens with one attached hydrogen (secondary N) is 1. The first kappa shape index (κ1) is 19.0. The minimum atomic E-state index is -0.837. The van der Waals surface area contributed by atoms with Gasteiger partial charge in [-0.05, 0) is 38.9 Å². The predicted molar refractivity (Wildman–Crippen MR) is 91.2 cm³/mol. The lowest BCUT2D eigenvalue weighted by atomic mass is 9.90. The minimum absolute atomic E-state index is 0.0478. The van der Waals surface area contributed by atoms with Crippen molar-refractivity contribution in [3.8, 4) is 11.8 Å². The third-order valence-corrected chi connectivity index (χ3v) is 3.96. The fraction of sp³-hybridized carbons (Fsp3) is 0.556. The molecule has 1 rings (SSSR count). The summed E-state index contributed by atoms with van der Waals surface area (Å²) in [5, 5.41) is 12.0. The second-order valence-electron chi connectivity index (χ2n) is 6.42. The molecule has 1 unspecified atom stereocenters. The number of nitrogens with zero attached hydrogens (tertiary/aromatic N) is 2. The molecule has 1 atom stereocenters. The van der Waals surface area contributed by atoms with Gasteiger partial charge in [-0.25, -0.2) is 0 Å². The van der Waals surface area contributed by atoms with Gasteiger partial charge in [0.05, 0.1) is 12.6 Å². The fourth-order valence-corrected chi connectivity index (χ4v) is 1.91. The normalized spacial score (nSPS) is 13.5. The number of amides is 1. The van der Waals surface area contributed by atoms with E-state index in [0.29, 0.717) is 13.2 Å². The lowest BCUT2D eigenvalue weighted by Gasteiger charge is -2.28. The lowest BCUT2D eigenvalue weighted by molar-refractivity contribution is -0.123. The maximum Gasteiger partial charge on any atom is 0.235 e. The van der Waals surface area contributed by atoms with Gasteiger partial charge in [0.25, 0.3) is 0 Å². The van der Waals surface area contributed by atoms with Gasteiger partial charge in [-0.15, -0.1) is 0 Å². The first-order valence-electron chi connectivity index (χ1n) is 7.87. The molecule has 23 heavy (non-hydrogen) atoms. The Bertz CT molecular complexity index is 548. The number of likely N-dealkylation sites (N-methyl/N-ethyl adjacent to an activating group) is 1. The van der Waals surface area contributed by atoms with Crippen molar-refractivity contribution in [2.75, 3.05) is 26.7 Å². The van der Waals surface area contributed by atoms with Gasteiger partial charge >= 0.3 is 0 Å². The van der Waals surface area contributed by atoms with Gasteiger partial charge in [0.2, 0.25) is 5.91 Å².